The number of para-hydroxylation sites is 1. The second-order valence-corrected chi connectivity index (χ2v) is 8.54. The van der Waals surface area contributed by atoms with Gasteiger partial charge in [-0.2, -0.15) is 0 Å². The van der Waals surface area contributed by atoms with Crippen LogP contribution in [0.3, 0.4) is 0 Å². The van der Waals surface area contributed by atoms with Crippen LogP contribution in [-0.2, 0) is 5.41 Å². The van der Waals surface area contributed by atoms with Gasteiger partial charge in [0.25, 0.3) is 0 Å². The highest BCUT2D eigenvalue weighted by atomic mass is 16.3. The van der Waals surface area contributed by atoms with Crippen molar-refractivity contribution in [3.8, 4) is 22.4 Å². The Hall–Kier alpha value is -3.39. The van der Waals surface area contributed by atoms with Crippen molar-refractivity contribution in [2.45, 2.75) is 26.2 Å². The number of rotatable bonds is 2. The second-order valence-electron chi connectivity index (χ2n) is 8.54. The first-order valence-electron chi connectivity index (χ1n) is 9.98. The Labute approximate surface area is 170 Å². The molecule has 0 amide bonds. The van der Waals surface area contributed by atoms with E-state index in [1.807, 2.05) is 30.5 Å². The number of furan rings is 1. The van der Waals surface area contributed by atoms with Crippen molar-refractivity contribution in [3.05, 3.63) is 90.6 Å². The molecule has 3 aromatic carbocycles. The minimum atomic E-state index is 0.142. The van der Waals surface area contributed by atoms with Gasteiger partial charge in [-0.25, -0.2) is 0 Å². The van der Waals surface area contributed by atoms with E-state index in [1.165, 1.54) is 11.1 Å². The Morgan fingerprint density at radius 2 is 1.48 bits per heavy atom. The zero-order valence-corrected chi connectivity index (χ0v) is 16.9. The standard InChI is InChI=1S/C27H23NO/c1-27(2,3)20-14-12-18(13-15-20)21-10-7-11-22-23-17-28-24(16-25(23)29-26(21)22)19-8-5-4-6-9-19/h4-17H,1-3H3. The molecule has 2 nitrogen and oxygen atoms in total. The van der Waals surface area contributed by atoms with Gasteiger partial charge in [-0.05, 0) is 16.5 Å². The van der Waals surface area contributed by atoms with Crippen LogP contribution in [0.1, 0.15) is 26.3 Å². The highest BCUT2D eigenvalue weighted by Crippen LogP contribution is 2.37. The maximum atomic E-state index is 6.36. The fraction of sp³-hybridized carbons (Fsp3) is 0.148. The molecule has 0 bridgehead atoms. The summed E-state index contributed by atoms with van der Waals surface area (Å²) < 4.78 is 6.36. The van der Waals surface area contributed by atoms with Crippen LogP contribution in [0.15, 0.2) is 89.5 Å². The summed E-state index contributed by atoms with van der Waals surface area (Å²) in [6.07, 6.45) is 1.93. The Morgan fingerprint density at radius 3 is 2.21 bits per heavy atom. The largest absolute Gasteiger partial charge is 0.455 e. The van der Waals surface area contributed by atoms with Gasteiger partial charge in [0.05, 0.1) is 5.69 Å². The molecule has 0 fully saturated rings. The SMILES string of the molecule is CC(C)(C)c1ccc(-c2cccc3c2oc2cc(-c4ccccc4)ncc23)cc1. The fourth-order valence-corrected chi connectivity index (χ4v) is 3.84. The zero-order valence-electron chi connectivity index (χ0n) is 16.9. The molecule has 0 aliphatic heterocycles. The smallest absolute Gasteiger partial charge is 0.143 e. The Morgan fingerprint density at radius 1 is 0.724 bits per heavy atom. The summed E-state index contributed by atoms with van der Waals surface area (Å²) in [4.78, 5) is 4.68. The lowest BCUT2D eigenvalue weighted by Gasteiger charge is -2.19. The third-order valence-electron chi connectivity index (χ3n) is 5.51. The van der Waals surface area contributed by atoms with E-state index in [4.69, 9.17) is 4.42 Å². The van der Waals surface area contributed by atoms with Crippen molar-refractivity contribution in [2.24, 2.45) is 0 Å². The number of hydrogen-bond acceptors (Lipinski definition) is 2. The van der Waals surface area contributed by atoms with E-state index < -0.39 is 0 Å². The van der Waals surface area contributed by atoms with Gasteiger partial charge in [0, 0.05) is 34.2 Å². The molecule has 0 unspecified atom stereocenters. The lowest BCUT2D eigenvalue weighted by Crippen LogP contribution is -2.10. The summed E-state index contributed by atoms with van der Waals surface area (Å²) in [5, 5.41) is 2.15. The highest BCUT2D eigenvalue weighted by molar-refractivity contribution is 6.09. The molecule has 2 heteroatoms. The molecule has 0 radical (unpaired) electrons. The summed E-state index contributed by atoms with van der Waals surface area (Å²) in [7, 11) is 0. The summed E-state index contributed by atoms with van der Waals surface area (Å²) in [6, 6.07) is 27.4. The van der Waals surface area contributed by atoms with Crippen molar-refractivity contribution in [1.29, 1.82) is 0 Å². The summed E-state index contributed by atoms with van der Waals surface area (Å²) in [5.41, 5.74) is 7.55. The maximum Gasteiger partial charge on any atom is 0.143 e. The van der Waals surface area contributed by atoms with Crippen LogP contribution in [-0.4, -0.2) is 4.98 Å². The number of fused-ring (bicyclic) bond motifs is 3. The molecule has 0 N–H and O–H groups in total. The minimum absolute atomic E-state index is 0.142. The molecule has 2 aromatic heterocycles. The molecular formula is C27H23NO. The van der Waals surface area contributed by atoms with Gasteiger partial charge in [-0.15, -0.1) is 0 Å². The van der Waals surface area contributed by atoms with Gasteiger partial charge in [0.2, 0.25) is 0 Å². The molecule has 0 aliphatic rings. The highest BCUT2D eigenvalue weighted by Gasteiger charge is 2.16. The van der Waals surface area contributed by atoms with Crippen LogP contribution in [0.2, 0.25) is 0 Å². The number of hydrogen-bond donors (Lipinski definition) is 0. The van der Waals surface area contributed by atoms with Gasteiger partial charge in [0.1, 0.15) is 11.2 Å². The third kappa shape index (κ3) is 3.11. The van der Waals surface area contributed by atoms with E-state index >= 15 is 0 Å². The summed E-state index contributed by atoms with van der Waals surface area (Å²) in [5.74, 6) is 0. The van der Waals surface area contributed by atoms with Gasteiger partial charge < -0.3 is 4.42 Å². The van der Waals surface area contributed by atoms with Crippen molar-refractivity contribution in [1.82, 2.24) is 4.98 Å². The Bertz CT molecular complexity index is 1310. The zero-order chi connectivity index (χ0) is 20.0. The molecular weight excluding hydrogens is 354 g/mol. The van der Waals surface area contributed by atoms with Crippen molar-refractivity contribution >= 4 is 21.9 Å². The van der Waals surface area contributed by atoms with Crippen molar-refractivity contribution in [2.75, 3.05) is 0 Å². The number of pyridine rings is 1. The van der Waals surface area contributed by atoms with E-state index in [9.17, 15) is 0 Å². The van der Waals surface area contributed by atoms with Gasteiger partial charge in [-0.3, -0.25) is 4.98 Å². The number of aromatic nitrogens is 1. The maximum absolute atomic E-state index is 6.36. The van der Waals surface area contributed by atoms with Crippen LogP contribution in [0, 0.1) is 0 Å². The second kappa shape index (κ2) is 6.59. The van der Waals surface area contributed by atoms with Crippen molar-refractivity contribution in [3.63, 3.8) is 0 Å². The van der Waals surface area contributed by atoms with E-state index in [1.54, 1.807) is 0 Å². The van der Waals surface area contributed by atoms with Crippen LogP contribution >= 0.6 is 0 Å². The average Bonchev–Trinajstić information content (AvgIpc) is 3.12. The summed E-state index contributed by atoms with van der Waals surface area (Å²) in [6.45, 7) is 6.71. The lowest BCUT2D eigenvalue weighted by atomic mass is 9.86. The molecule has 0 saturated carbocycles. The third-order valence-corrected chi connectivity index (χ3v) is 5.51. The quantitative estimate of drug-likeness (QED) is 0.316. The first-order chi connectivity index (χ1) is 14.0. The fourth-order valence-electron chi connectivity index (χ4n) is 3.84. The van der Waals surface area contributed by atoms with Crippen molar-refractivity contribution < 1.29 is 4.42 Å². The predicted octanol–water partition coefficient (Wildman–Crippen LogP) is 7.61. The van der Waals surface area contributed by atoms with Crippen LogP contribution < -0.4 is 0 Å². The normalized spacial score (nSPS) is 12.0. The molecule has 0 spiro atoms. The molecule has 0 atom stereocenters. The predicted molar refractivity (Wildman–Crippen MR) is 121 cm³/mol. The van der Waals surface area contributed by atoms with E-state index in [0.29, 0.717) is 0 Å². The first-order valence-corrected chi connectivity index (χ1v) is 9.98. The number of benzene rings is 3. The monoisotopic (exact) mass is 377 g/mol. The Balaban J connectivity index is 1.66. The van der Waals surface area contributed by atoms with Crippen LogP contribution in [0.5, 0.6) is 0 Å². The average molecular weight is 377 g/mol. The molecule has 5 rings (SSSR count). The molecule has 2 heterocycles. The first kappa shape index (κ1) is 17.7. The molecule has 0 aliphatic carbocycles. The summed E-state index contributed by atoms with van der Waals surface area (Å²) >= 11 is 0. The number of nitrogens with zero attached hydrogens (tertiary/aromatic N) is 1. The Kier molecular flexibility index (Phi) is 4.02. The lowest BCUT2D eigenvalue weighted by molar-refractivity contribution is 0.590. The molecule has 29 heavy (non-hydrogen) atoms. The van der Waals surface area contributed by atoms with E-state index in [2.05, 4.69) is 80.4 Å². The molecule has 0 saturated heterocycles. The van der Waals surface area contributed by atoms with Gasteiger partial charge >= 0.3 is 0 Å². The minimum Gasteiger partial charge on any atom is -0.455 e. The van der Waals surface area contributed by atoms with Crippen LogP contribution in [0.4, 0.5) is 0 Å². The van der Waals surface area contributed by atoms with Crippen LogP contribution in [0.25, 0.3) is 44.3 Å². The van der Waals surface area contributed by atoms with E-state index in [-0.39, 0.29) is 5.41 Å². The van der Waals surface area contributed by atoms with E-state index in [0.717, 1.165) is 38.8 Å². The molecule has 5 aromatic rings. The topological polar surface area (TPSA) is 26.0 Å². The van der Waals surface area contributed by atoms with Gasteiger partial charge in [0.15, 0.2) is 0 Å². The van der Waals surface area contributed by atoms with Gasteiger partial charge in [-0.1, -0.05) is 93.6 Å². The molecule has 142 valence electrons.